The molecule has 0 saturated carbocycles. The molecule has 14 heteroatoms. The van der Waals surface area contributed by atoms with E-state index >= 15 is 0 Å². The fourth-order valence-corrected chi connectivity index (χ4v) is 10.6. The Morgan fingerprint density at radius 2 is 1.65 bits per heavy atom. The van der Waals surface area contributed by atoms with Crippen LogP contribution in [0.5, 0.6) is 0 Å². The maximum Gasteiger partial charge on any atom is 0.407 e. The molecule has 0 aliphatic carbocycles. The number of carbonyl (C=O) groups excluding carboxylic acids is 3. The third-order valence-electron chi connectivity index (χ3n) is 11.3. The van der Waals surface area contributed by atoms with Crippen LogP contribution in [0.2, 0.25) is 0 Å². The van der Waals surface area contributed by atoms with E-state index in [9.17, 15) is 14.4 Å². The van der Waals surface area contributed by atoms with Gasteiger partial charge in [0.1, 0.15) is 23.7 Å². The fourth-order valence-electron chi connectivity index (χ4n) is 8.16. The van der Waals surface area contributed by atoms with Crippen LogP contribution in [0.25, 0.3) is 53.9 Å². The number of likely N-dealkylation sites (N-methyl/N-ethyl adjacent to an activating group) is 1. The number of methoxy groups -OCH3 is 1. The quantitative estimate of drug-likeness (QED) is 0.0853. The van der Waals surface area contributed by atoms with E-state index in [4.69, 9.17) is 9.72 Å². The number of imidazole rings is 2. The van der Waals surface area contributed by atoms with Gasteiger partial charge >= 0.3 is 6.09 Å². The second kappa shape index (κ2) is 17.8. The zero-order valence-electron chi connectivity index (χ0n) is 34.5. The van der Waals surface area contributed by atoms with Crippen molar-refractivity contribution in [3.05, 3.63) is 107 Å². The Morgan fingerprint density at radius 1 is 0.950 bits per heavy atom. The summed E-state index contributed by atoms with van der Waals surface area (Å²) < 4.78 is 7.27. The van der Waals surface area contributed by atoms with E-state index in [0.717, 1.165) is 69.9 Å². The number of ether oxygens (including phenoxy) is 1. The van der Waals surface area contributed by atoms with Crippen LogP contribution >= 0.6 is 22.7 Å². The molecule has 310 valence electrons. The van der Waals surface area contributed by atoms with Gasteiger partial charge in [-0.25, -0.2) is 14.8 Å². The number of alkyl carbamates (subject to hydrolysis) is 1. The normalized spacial score (nSPS) is 15.2. The van der Waals surface area contributed by atoms with E-state index in [-0.39, 0.29) is 23.8 Å². The summed E-state index contributed by atoms with van der Waals surface area (Å²) in [4.78, 5) is 59.7. The number of hydrogen-bond acceptors (Lipinski definition) is 9. The van der Waals surface area contributed by atoms with Crippen molar-refractivity contribution >= 4 is 61.0 Å². The number of likely N-dealkylation sites (tertiary alicyclic amines) is 1. The van der Waals surface area contributed by atoms with E-state index in [0.29, 0.717) is 19.6 Å². The SMILES string of the molecule is CCCN(Cc1ncc(-c2ccc(-c3csc4c(-c5ccc6nc(C7CCCN7C(=O)C(NC(=O)OC)C(C)C)[nH]c6c5)csc34)cc2)[nH]1)C(=O)C(NC)c1ccccc1. The highest BCUT2D eigenvalue weighted by molar-refractivity contribution is 7.27. The zero-order chi connectivity index (χ0) is 41.9. The number of H-pyrrole nitrogens is 2. The van der Waals surface area contributed by atoms with Crippen molar-refractivity contribution in [2.45, 2.75) is 64.7 Å². The predicted molar refractivity (Wildman–Crippen MR) is 240 cm³/mol. The van der Waals surface area contributed by atoms with Gasteiger partial charge in [-0.3, -0.25) is 9.59 Å². The lowest BCUT2D eigenvalue weighted by atomic mass is 10.0. The maximum absolute atomic E-state index is 13.7. The number of amides is 3. The Morgan fingerprint density at radius 3 is 2.33 bits per heavy atom. The topological polar surface area (TPSA) is 148 Å². The molecule has 3 amide bonds. The van der Waals surface area contributed by atoms with Crippen molar-refractivity contribution in [1.82, 2.24) is 40.4 Å². The minimum absolute atomic E-state index is 0.0245. The number of hydrogen-bond donors (Lipinski definition) is 4. The van der Waals surface area contributed by atoms with Gasteiger partial charge < -0.3 is 35.1 Å². The Kier molecular flexibility index (Phi) is 12.1. The highest BCUT2D eigenvalue weighted by atomic mass is 32.1. The molecule has 1 saturated heterocycles. The number of fused-ring (bicyclic) bond motifs is 2. The molecule has 60 heavy (non-hydrogen) atoms. The summed E-state index contributed by atoms with van der Waals surface area (Å²) in [7, 11) is 3.12. The standard InChI is InChI=1S/C46H50N8O4S2/c1-6-20-53(44(55)40(47-4)30-11-8-7-9-12-30)24-38-48-23-36(49-38)29-16-14-28(15-17-29)32-25-59-42-33(26-60-41(32)42)31-18-19-34-35(22-31)51-43(50-34)37-13-10-21-54(37)45(56)39(27(2)3)52-46(57)58-5/h7-9,11-12,14-19,22-23,25-27,37,39-40,47H,6,10,13,20-21,24H2,1-5H3,(H,48,49)(H,50,51)(H,52,57). The first-order valence-corrected chi connectivity index (χ1v) is 22.2. The molecule has 4 aromatic heterocycles. The molecule has 8 rings (SSSR count). The number of carbonyl (C=O) groups is 3. The number of rotatable bonds is 14. The van der Waals surface area contributed by atoms with Crippen molar-refractivity contribution in [1.29, 1.82) is 0 Å². The predicted octanol–water partition coefficient (Wildman–Crippen LogP) is 9.31. The third kappa shape index (κ3) is 8.19. The average molecular weight is 843 g/mol. The Labute approximate surface area is 357 Å². The molecule has 5 heterocycles. The highest BCUT2D eigenvalue weighted by Gasteiger charge is 2.37. The van der Waals surface area contributed by atoms with Crippen molar-refractivity contribution in [2.75, 3.05) is 27.2 Å². The first-order chi connectivity index (χ1) is 29.2. The number of nitrogens with one attached hydrogen (secondary N) is 4. The van der Waals surface area contributed by atoms with Gasteiger partial charge in [0.15, 0.2) is 0 Å². The van der Waals surface area contributed by atoms with Crippen molar-refractivity contribution in [3.8, 4) is 33.5 Å². The summed E-state index contributed by atoms with van der Waals surface area (Å²) in [6.45, 7) is 7.55. The van der Waals surface area contributed by atoms with Crippen molar-refractivity contribution in [2.24, 2.45) is 5.92 Å². The van der Waals surface area contributed by atoms with Gasteiger partial charge in [-0.1, -0.05) is 81.4 Å². The first kappa shape index (κ1) is 40.9. The van der Waals surface area contributed by atoms with Gasteiger partial charge in [0.25, 0.3) is 0 Å². The maximum atomic E-state index is 13.7. The Bertz CT molecular complexity index is 2610. The van der Waals surface area contributed by atoms with Crippen molar-refractivity contribution in [3.63, 3.8) is 0 Å². The summed E-state index contributed by atoms with van der Waals surface area (Å²) in [5, 5.41) is 10.4. The molecule has 0 bridgehead atoms. The average Bonchev–Trinajstić information content (AvgIpc) is 4.12. The third-order valence-corrected chi connectivity index (χ3v) is 13.4. The Hall–Kier alpha value is -5.83. The summed E-state index contributed by atoms with van der Waals surface area (Å²) in [6, 6.07) is 23.4. The summed E-state index contributed by atoms with van der Waals surface area (Å²) in [6.07, 6.45) is 3.72. The summed E-state index contributed by atoms with van der Waals surface area (Å²) in [5.74, 6) is 1.30. The van der Waals surface area contributed by atoms with Crippen LogP contribution in [0.3, 0.4) is 0 Å². The summed E-state index contributed by atoms with van der Waals surface area (Å²) in [5.41, 5.74) is 9.26. The van der Waals surface area contributed by atoms with Crippen molar-refractivity contribution < 1.29 is 19.1 Å². The van der Waals surface area contributed by atoms with E-state index < -0.39 is 18.2 Å². The fraction of sp³-hybridized carbons (Fsp3) is 0.326. The molecular formula is C46H50N8O4S2. The number of aromatic nitrogens is 4. The van der Waals surface area contributed by atoms with E-state index in [1.807, 2.05) is 73.3 Å². The van der Waals surface area contributed by atoms with E-state index in [2.05, 4.69) is 79.7 Å². The van der Waals surface area contributed by atoms with E-state index in [1.54, 1.807) is 22.7 Å². The van der Waals surface area contributed by atoms with E-state index in [1.165, 1.54) is 27.6 Å². The van der Waals surface area contributed by atoms with Gasteiger partial charge in [0.05, 0.1) is 52.0 Å². The highest BCUT2D eigenvalue weighted by Crippen LogP contribution is 2.45. The molecule has 12 nitrogen and oxygen atoms in total. The van der Waals surface area contributed by atoms with Gasteiger partial charge in [-0.05, 0) is 66.6 Å². The van der Waals surface area contributed by atoms with Crippen LogP contribution in [-0.2, 0) is 20.9 Å². The van der Waals surface area contributed by atoms with Gasteiger partial charge in [0.2, 0.25) is 11.8 Å². The molecule has 0 radical (unpaired) electrons. The molecule has 0 spiro atoms. The molecule has 7 aromatic rings. The van der Waals surface area contributed by atoms with Crippen LogP contribution < -0.4 is 10.6 Å². The molecule has 3 aromatic carbocycles. The van der Waals surface area contributed by atoms with Gasteiger partial charge in [0, 0.05) is 35.0 Å². The molecule has 1 aliphatic heterocycles. The van der Waals surface area contributed by atoms with Gasteiger partial charge in [-0.2, -0.15) is 0 Å². The number of nitrogens with zero attached hydrogens (tertiary/aromatic N) is 4. The zero-order valence-corrected chi connectivity index (χ0v) is 36.1. The lowest BCUT2D eigenvalue weighted by Gasteiger charge is -2.29. The molecule has 1 fully saturated rings. The minimum Gasteiger partial charge on any atom is -0.453 e. The lowest BCUT2D eigenvalue weighted by molar-refractivity contribution is -0.135. The van der Waals surface area contributed by atoms with Crippen LogP contribution in [-0.4, -0.2) is 80.9 Å². The second-order valence-corrected chi connectivity index (χ2v) is 17.3. The first-order valence-electron chi connectivity index (χ1n) is 20.5. The minimum atomic E-state index is -0.683. The van der Waals surface area contributed by atoms with Gasteiger partial charge in [-0.15, -0.1) is 22.7 Å². The van der Waals surface area contributed by atoms with Crippen LogP contribution in [0.4, 0.5) is 4.79 Å². The summed E-state index contributed by atoms with van der Waals surface area (Å²) >= 11 is 3.50. The molecule has 3 atom stereocenters. The van der Waals surface area contributed by atoms with Crippen LogP contribution in [0.1, 0.15) is 69.3 Å². The lowest BCUT2D eigenvalue weighted by Crippen LogP contribution is -2.51. The molecule has 3 unspecified atom stereocenters. The molecular weight excluding hydrogens is 793 g/mol. The van der Waals surface area contributed by atoms with Crippen LogP contribution in [0.15, 0.2) is 89.8 Å². The van der Waals surface area contributed by atoms with Crippen LogP contribution in [0, 0.1) is 5.92 Å². The second-order valence-electron chi connectivity index (χ2n) is 15.6. The number of aromatic amines is 2. The number of thiophene rings is 2. The monoisotopic (exact) mass is 842 g/mol. The molecule has 4 N–H and O–H groups in total. The number of benzene rings is 3. The molecule has 1 aliphatic rings. The largest absolute Gasteiger partial charge is 0.453 e. The smallest absolute Gasteiger partial charge is 0.407 e. The Balaban J connectivity index is 0.970.